The quantitative estimate of drug-likeness (QED) is 0.863. The van der Waals surface area contributed by atoms with E-state index in [9.17, 15) is 18.4 Å². The Kier molecular flexibility index (Phi) is 3.25. The third-order valence-corrected chi connectivity index (χ3v) is 3.46. The Balaban J connectivity index is 1.99. The van der Waals surface area contributed by atoms with Crippen molar-refractivity contribution in [1.29, 1.82) is 0 Å². The second-order valence-corrected chi connectivity index (χ2v) is 4.85. The number of hydrogen-bond acceptors (Lipinski definition) is 2. The lowest BCUT2D eigenvalue weighted by Crippen LogP contribution is -2.19. The Morgan fingerprint density at radius 3 is 2.71 bits per heavy atom. The smallest absolute Gasteiger partial charge is 0.224 e. The van der Waals surface area contributed by atoms with Crippen LogP contribution in [0.4, 0.5) is 14.5 Å². The van der Waals surface area contributed by atoms with Crippen molar-refractivity contribution in [2.45, 2.75) is 12.8 Å². The van der Waals surface area contributed by atoms with E-state index in [1.54, 1.807) is 12.1 Å². The first-order chi connectivity index (χ1) is 10.1. The lowest BCUT2D eigenvalue weighted by atomic mass is 9.96. The van der Waals surface area contributed by atoms with Crippen molar-refractivity contribution in [3.05, 3.63) is 64.7 Å². The van der Waals surface area contributed by atoms with E-state index in [2.05, 4.69) is 5.32 Å². The van der Waals surface area contributed by atoms with Gasteiger partial charge in [0.25, 0.3) is 0 Å². The van der Waals surface area contributed by atoms with E-state index in [0.717, 1.165) is 11.6 Å². The first kappa shape index (κ1) is 13.4. The Morgan fingerprint density at radius 1 is 1.10 bits per heavy atom. The second-order valence-electron chi connectivity index (χ2n) is 4.85. The normalized spacial score (nSPS) is 13.5. The van der Waals surface area contributed by atoms with E-state index in [1.165, 1.54) is 18.2 Å². The van der Waals surface area contributed by atoms with E-state index in [-0.39, 0.29) is 17.0 Å². The standard InChI is InChI=1S/C16H11F2NO2/c17-12-3-1-2-11(15(12)18)16(21)10-4-6-13-9(8-10)5-7-14(20)19-13/h1-4,6,8H,5,7H2,(H,19,20). The predicted octanol–water partition coefficient (Wildman–Crippen LogP) is 3.08. The van der Waals surface area contributed by atoms with Gasteiger partial charge in [-0.05, 0) is 42.3 Å². The average Bonchev–Trinajstić information content (AvgIpc) is 2.49. The number of fused-ring (bicyclic) bond motifs is 1. The third kappa shape index (κ3) is 2.42. The Hall–Kier alpha value is -2.56. The maximum absolute atomic E-state index is 13.7. The minimum atomic E-state index is -1.14. The van der Waals surface area contributed by atoms with Crippen LogP contribution in [0, 0.1) is 11.6 Å². The van der Waals surface area contributed by atoms with Gasteiger partial charge in [-0.2, -0.15) is 0 Å². The lowest BCUT2D eigenvalue weighted by Gasteiger charge is -2.17. The molecule has 0 spiro atoms. The molecule has 0 unspecified atom stereocenters. The highest BCUT2D eigenvalue weighted by atomic mass is 19.2. The second kappa shape index (κ2) is 5.09. The number of nitrogens with one attached hydrogen (secondary N) is 1. The summed E-state index contributed by atoms with van der Waals surface area (Å²) in [6.45, 7) is 0. The monoisotopic (exact) mass is 287 g/mol. The minimum absolute atomic E-state index is 0.0715. The summed E-state index contributed by atoms with van der Waals surface area (Å²) in [6, 6.07) is 8.23. The van der Waals surface area contributed by atoms with Crippen LogP contribution < -0.4 is 5.32 Å². The van der Waals surface area contributed by atoms with Crippen molar-refractivity contribution < 1.29 is 18.4 Å². The summed E-state index contributed by atoms with van der Waals surface area (Å²) in [7, 11) is 0. The van der Waals surface area contributed by atoms with E-state index in [4.69, 9.17) is 0 Å². The number of halogens is 2. The molecule has 0 aliphatic carbocycles. The van der Waals surface area contributed by atoms with E-state index in [0.29, 0.717) is 18.5 Å². The van der Waals surface area contributed by atoms with Gasteiger partial charge in [0, 0.05) is 17.7 Å². The van der Waals surface area contributed by atoms with Gasteiger partial charge in [0.15, 0.2) is 17.4 Å². The number of rotatable bonds is 2. The van der Waals surface area contributed by atoms with Crippen LogP contribution in [0.3, 0.4) is 0 Å². The molecule has 1 amide bonds. The fraction of sp³-hybridized carbons (Fsp3) is 0.125. The van der Waals surface area contributed by atoms with Crippen LogP contribution >= 0.6 is 0 Å². The van der Waals surface area contributed by atoms with Crippen LogP contribution in [-0.2, 0) is 11.2 Å². The van der Waals surface area contributed by atoms with Gasteiger partial charge in [-0.3, -0.25) is 9.59 Å². The number of carbonyl (C=O) groups excluding carboxylic acids is 2. The molecule has 0 fully saturated rings. The van der Waals surface area contributed by atoms with Crippen LogP contribution in [0.5, 0.6) is 0 Å². The van der Waals surface area contributed by atoms with E-state index >= 15 is 0 Å². The highest BCUT2D eigenvalue weighted by molar-refractivity contribution is 6.09. The maximum Gasteiger partial charge on any atom is 0.224 e. The molecular formula is C16H11F2NO2. The zero-order valence-corrected chi connectivity index (χ0v) is 11.0. The maximum atomic E-state index is 13.7. The Morgan fingerprint density at radius 2 is 1.90 bits per heavy atom. The molecule has 0 radical (unpaired) electrons. The molecule has 21 heavy (non-hydrogen) atoms. The van der Waals surface area contributed by atoms with Gasteiger partial charge in [0.05, 0.1) is 5.56 Å². The third-order valence-electron chi connectivity index (χ3n) is 3.46. The molecule has 3 nitrogen and oxygen atoms in total. The molecule has 1 N–H and O–H groups in total. The Labute approximate surface area is 119 Å². The average molecular weight is 287 g/mol. The summed E-state index contributed by atoms with van der Waals surface area (Å²) in [6.07, 6.45) is 0.868. The number of benzene rings is 2. The van der Waals surface area contributed by atoms with Gasteiger partial charge >= 0.3 is 0 Å². The molecule has 0 saturated heterocycles. The summed E-state index contributed by atoms with van der Waals surface area (Å²) in [5.74, 6) is -2.84. The molecule has 2 aromatic carbocycles. The molecule has 1 aliphatic heterocycles. The highest BCUT2D eigenvalue weighted by Gasteiger charge is 2.20. The molecule has 1 heterocycles. The number of hydrogen-bond donors (Lipinski definition) is 1. The number of aryl methyl sites for hydroxylation is 1. The van der Waals surface area contributed by atoms with Gasteiger partial charge in [0.2, 0.25) is 5.91 Å². The number of ketones is 1. The van der Waals surface area contributed by atoms with Gasteiger partial charge in [0.1, 0.15) is 0 Å². The highest BCUT2D eigenvalue weighted by Crippen LogP contribution is 2.25. The van der Waals surface area contributed by atoms with E-state index < -0.39 is 17.4 Å². The Bertz CT molecular complexity index is 756. The predicted molar refractivity (Wildman–Crippen MR) is 73.2 cm³/mol. The van der Waals surface area contributed by atoms with E-state index in [1.807, 2.05) is 0 Å². The lowest BCUT2D eigenvalue weighted by molar-refractivity contribution is -0.116. The first-order valence-electron chi connectivity index (χ1n) is 6.48. The zero-order chi connectivity index (χ0) is 15.0. The molecule has 0 bridgehead atoms. The van der Waals surface area contributed by atoms with Crippen LogP contribution in [-0.4, -0.2) is 11.7 Å². The van der Waals surface area contributed by atoms with Gasteiger partial charge < -0.3 is 5.32 Å². The number of carbonyl (C=O) groups is 2. The number of amides is 1. The molecular weight excluding hydrogens is 276 g/mol. The molecule has 1 aliphatic rings. The number of anilines is 1. The molecule has 0 atom stereocenters. The molecule has 0 aromatic heterocycles. The van der Waals surface area contributed by atoms with Gasteiger partial charge in [-0.15, -0.1) is 0 Å². The van der Waals surface area contributed by atoms with Crippen molar-refractivity contribution in [2.75, 3.05) is 5.32 Å². The van der Waals surface area contributed by atoms with Crippen LogP contribution in [0.25, 0.3) is 0 Å². The zero-order valence-electron chi connectivity index (χ0n) is 11.0. The van der Waals surface area contributed by atoms with Crippen molar-refractivity contribution in [1.82, 2.24) is 0 Å². The fourth-order valence-electron chi connectivity index (χ4n) is 2.36. The van der Waals surface area contributed by atoms with Gasteiger partial charge in [-0.25, -0.2) is 8.78 Å². The first-order valence-corrected chi connectivity index (χ1v) is 6.48. The van der Waals surface area contributed by atoms with Gasteiger partial charge in [-0.1, -0.05) is 6.07 Å². The van der Waals surface area contributed by atoms with Crippen molar-refractivity contribution in [2.24, 2.45) is 0 Å². The van der Waals surface area contributed by atoms with Crippen LogP contribution in [0.1, 0.15) is 27.9 Å². The van der Waals surface area contributed by atoms with Crippen molar-refractivity contribution in [3.8, 4) is 0 Å². The SMILES string of the molecule is O=C1CCc2cc(C(=O)c3cccc(F)c3F)ccc2N1. The molecule has 0 saturated carbocycles. The topological polar surface area (TPSA) is 46.2 Å². The summed E-state index contributed by atoms with van der Waals surface area (Å²) >= 11 is 0. The molecule has 5 heteroatoms. The van der Waals surface area contributed by atoms with Crippen LogP contribution in [0.2, 0.25) is 0 Å². The summed E-state index contributed by atoms with van der Waals surface area (Å²) in [5.41, 5.74) is 1.45. The molecule has 106 valence electrons. The summed E-state index contributed by atoms with van der Waals surface area (Å²) in [4.78, 5) is 23.6. The van der Waals surface area contributed by atoms with Crippen LogP contribution in [0.15, 0.2) is 36.4 Å². The largest absolute Gasteiger partial charge is 0.326 e. The molecule has 3 rings (SSSR count). The molecule has 2 aromatic rings. The van der Waals surface area contributed by atoms with Crippen molar-refractivity contribution >= 4 is 17.4 Å². The minimum Gasteiger partial charge on any atom is -0.326 e. The summed E-state index contributed by atoms with van der Waals surface area (Å²) < 4.78 is 26.9. The fourth-order valence-corrected chi connectivity index (χ4v) is 2.36. The summed E-state index contributed by atoms with van der Waals surface area (Å²) in [5, 5.41) is 2.70. The van der Waals surface area contributed by atoms with Crippen molar-refractivity contribution in [3.63, 3.8) is 0 Å².